The van der Waals surface area contributed by atoms with Gasteiger partial charge in [-0.15, -0.1) is 0 Å². The minimum Gasteiger partial charge on any atom is -0.346 e. The highest BCUT2D eigenvalue weighted by atomic mass is 35.5. The molecule has 2 N–H and O–H groups in total. The SMILES string of the molecule is CC(=O)Nc1ccc(Cl)cc1NC(=O)c1cn(CC(C)C)c2ccccc12. The molecule has 0 spiro atoms. The molecule has 5 nitrogen and oxygen atoms in total. The number of carbonyl (C=O) groups excluding carboxylic acids is 2. The molecular formula is C21H22ClN3O2. The number of nitrogens with zero attached hydrogens (tertiary/aromatic N) is 1. The van der Waals surface area contributed by atoms with Crippen LogP contribution in [0.4, 0.5) is 11.4 Å². The molecule has 27 heavy (non-hydrogen) atoms. The van der Waals surface area contributed by atoms with Gasteiger partial charge >= 0.3 is 0 Å². The smallest absolute Gasteiger partial charge is 0.257 e. The number of fused-ring (bicyclic) bond motifs is 1. The van der Waals surface area contributed by atoms with Crippen LogP contribution in [0.25, 0.3) is 10.9 Å². The summed E-state index contributed by atoms with van der Waals surface area (Å²) in [5, 5.41) is 6.95. The molecule has 0 radical (unpaired) electrons. The third kappa shape index (κ3) is 4.31. The topological polar surface area (TPSA) is 63.1 Å². The number of amides is 2. The Labute approximate surface area is 163 Å². The fraction of sp³-hybridized carbons (Fsp3) is 0.238. The van der Waals surface area contributed by atoms with Crippen LogP contribution in [-0.2, 0) is 11.3 Å². The predicted octanol–water partition coefficient (Wildman–Crippen LogP) is 5.16. The Bertz CT molecular complexity index is 1010. The molecule has 3 rings (SSSR count). The van der Waals surface area contributed by atoms with Gasteiger partial charge in [0, 0.05) is 35.6 Å². The maximum atomic E-state index is 13.0. The summed E-state index contributed by atoms with van der Waals surface area (Å²) in [5.74, 6) is -0.0139. The quantitative estimate of drug-likeness (QED) is 0.639. The van der Waals surface area contributed by atoms with Crippen molar-refractivity contribution in [3.05, 3.63) is 59.2 Å². The number of hydrogen-bond donors (Lipinski definition) is 2. The molecular weight excluding hydrogens is 362 g/mol. The summed E-state index contributed by atoms with van der Waals surface area (Å²) in [5.41, 5.74) is 2.57. The molecule has 0 unspecified atom stereocenters. The molecule has 2 aromatic carbocycles. The average molecular weight is 384 g/mol. The fourth-order valence-corrected chi connectivity index (χ4v) is 3.25. The molecule has 0 aliphatic carbocycles. The van der Waals surface area contributed by atoms with Crippen LogP contribution in [0.2, 0.25) is 5.02 Å². The molecule has 6 heteroatoms. The van der Waals surface area contributed by atoms with Gasteiger partial charge in [0.15, 0.2) is 0 Å². The van der Waals surface area contributed by atoms with Crippen molar-refractivity contribution in [3.8, 4) is 0 Å². The molecule has 1 aromatic heterocycles. The Morgan fingerprint density at radius 1 is 1.07 bits per heavy atom. The van der Waals surface area contributed by atoms with Crippen molar-refractivity contribution >= 4 is 45.7 Å². The van der Waals surface area contributed by atoms with E-state index in [9.17, 15) is 9.59 Å². The lowest BCUT2D eigenvalue weighted by molar-refractivity contribution is -0.114. The Morgan fingerprint density at radius 3 is 2.52 bits per heavy atom. The number of nitrogens with one attached hydrogen (secondary N) is 2. The molecule has 0 bridgehead atoms. The maximum Gasteiger partial charge on any atom is 0.257 e. The largest absolute Gasteiger partial charge is 0.346 e. The number of hydrogen-bond acceptors (Lipinski definition) is 2. The minimum atomic E-state index is -0.248. The number of aromatic nitrogens is 1. The van der Waals surface area contributed by atoms with Crippen molar-refractivity contribution in [1.82, 2.24) is 4.57 Å². The van der Waals surface area contributed by atoms with Crippen LogP contribution in [-0.4, -0.2) is 16.4 Å². The van der Waals surface area contributed by atoms with E-state index in [0.29, 0.717) is 27.9 Å². The lowest BCUT2D eigenvalue weighted by Gasteiger charge is -2.11. The zero-order chi connectivity index (χ0) is 19.6. The van der Waals surface area contributed by atoms with Gasteiger partial charge < -0.3 is 15.2 Å². The molecule has 0 saturated heterocycles. The van der Waals surface area contributed by atoms with Gasteiger partial charge in [-0.3, -0.25) is 9.59 Å². The van der Waals surface area contributed by atoms with E-state index in [1.54, 1.807) is 18.2 Å². The number of rotatable bonds is 5. The van der Waals surface area contributed by atoms with E-state index in [1.807, 2.05) is 30.5 Å². The minimum absolute atomic E-state index is 0.221. The van der Waals surface area contributed by atoms with Crippen molar-refractivity contribution in [3.63, 3.8) is 0 Å². The normalized spacial score (nSPS) is 11.0. The first-order valence-electron chi connectivity index (χ1n) is 8.81. The van der Waals surface area contributed by atoms with Gasteiger partial charge in [-0.1, -0.05) is 43.6 Å². The first kappa shape index (κ1) is 19.0. The van der Waals surface area contributed by atoms with Gasteiger partial charge in [0.05, 0.1) is 16.9 Å². The summed E-state index contributed by atoms with van der Waals surface area (Å²) in [6.07, 6.45) is 1.88. The highest BCUT2D eigenvalue weighted by molar-refractivity contribution is 6.31. The molecule has 0 saturated carbocycles. The predicted molar refractivity (Wildman–Crippen MR) is 110 cm³/mol. The molecule has 0 aliphatic rings. The first-order chi connectivity index (χ1) is 12.8. The summed E-state index contributed by atoms with van der Waals surface area (Å²) >= 11 is 6.07. The number of halogens is 1. The van der Waals surface area contributed by atoms with Gasteiger partial charge in [-0.25, -0.2) is 0 Å². The van der Waals surface area contributed by atoms with Gasteiger partial charge in [0.25, 0.3) is 5.91 Å². The van der Waals surface area contributed by atoms with Crippen LogP contribution in [0.15, 0.2) is 48.7 Å². The third-order valence-electron chi connectivity index (χ3n) is 4.14. The highest BCUT2D eigenvalue weighted by Crippen LogP contribution is 2.28. The number of anilines is 2. The first-order valence-corrected chi connectivity index (χ1v) is 9.19. The lowest BCUT2D eigenvalue weighted by atomic mass is 10.1. The van der Waals surface area contributed by atoms with Crippen LogP contribution in [0.3, 0.4) is 0 Å². The van der Waals surface area contributed by atoms with Crippen molar-refractivity contribution < 1.29 is 9.59 Å². The second kappa shape index (κ2) is 7.84. The average Bonchev–Trinajstić information content (AvgIpc) is 2.95. The van der Waals surface area contributed by atoms with Crippen LogP contribution >= 0.6 is 11.6 Å². The van der Waals surface area contributed by atoms with Crippen LogP contribution in [0, 0.1) is 5.92 Å². The van der Waals surface area contributed by atoms with Crippen molar-refractivity contribution in [2.45, 2.75) is 27.3 Å². The molecule has 0 aliphatic heterocycles. The van der Waals surface area contributed by atoms with E-state index < -0.39 is 0 Å². The van der Waals surface area contributed by atoms with E-state index >= 15 is 0 Å². The molecule has 0 fully saturated rings. The van der Waals surface area contributed by atoms with E-state index in [4.69, 9.17) is 11.6 Å². The van der Waals surface area contributed by atoms with E-state index in [2.05, 4.69) is 29.0 Å². The molecule has 1 heterocycles. The van der Waals surface area contributed by atoms with E-state index in [-0.39, 0.29) is 11.8 Å². The summed E-state index contributed by atoms with van der Waals surface area (Å²) in [6.45, 7) is 6.52. The summed E-state index contributed by atoms with van der Waals surface area (Å²) in [4.78, 5) is 24.4. The summed E-state index contributed by atoms with van der Waals surface area (Å²) in [7, 11) is 0. The monoisotopic (exact) mass is 383 g/mol. The van der Waals surface area contributed by atoms with Gasteiger partial charge in [-0.2, -0.15) is 0 Å². The van der Waals surface area contributed by atoms with Gasteiger partial charge in [-0.05, 0) is 30.2 Å². The van der Waals surface area contributed by atoms with Gasteiger partial charge in [0.2, 0.25) is 5.91 Å². The zero-order valence-corrected chi connectivity index (χ0v) is 16.3. The van der Waals surface area contributed by atoms with Gasteiger partial charge in [0.1, 0.15) is 0 Å². The fourth-order valence-electron chi connectivity index (χ4n) is 3.08. The Kier molecular flexibility index (Phi) is 5.51. The Balaban J connectivity index is 1.98. The maximum absolute atomic E-state index is 13.0. The lowest BCUT2D eigenvalue weighted by Crippen LogP contribution is -2.15. The molecule has 0 atom stereocenters. The Hall–Kier alpha value is -2.79. The van der Waals surface area contributed by atoms with E-state index in [1.165, 1.54) is 6.92 Å². The number of carbonyl (C=O) groups is 2. The zero-order valence-electron chi connectivity index (χ0n) is 15.5. The number of para-hydroxylation sites is 1. The second-order valence-corrected chi connectivity index (χ2v) is 7.37. The second-order valence-electron chi connectivity index (χ2n) is 6.93. The van der Waals surface area contributed by atoms with Crippen molar-refractivity contribution in [1.29, 1.82) is 0 Å². The van der Waals surface area contributed by atoms with Crippen LogP contribution in [0.5, 0.6) is 0 Å². The standard InChI is InChI=1S/C21H22ClN3O2/c1-13(2)11-25-12-17(16-6-4-5-7-20(16)25)21(27)24-19-10-15(22)8-9-18(19)23-14(3)26/h4-10,12-13H,11H2,1-3H3,(H,23,26)(H,24,27). The molecule has 3 aromatic rings. The highest BCUT2D eigenvalue weighted by Gasteiger charge is 2.17. The number of benzene rings is 2. The third-order valence-corrected chi connectivity index (χ3v) is 4.37. The van der Waals surface area contributed by atoms with Crippen molar-refractivity contribution in [2.75, 3.05) is 10.6 Å². The molecule has 2 amide bonds. The summed E-state index contributed by atoms with van der Waals surface area (Å²) in [6, 6.07) is 12.8. The Morgan fingerprint density at radius 2 is 1.81 bits per heavy atom. The van der Waals surface area contributed by atoms with Crippen LogP contribution in [0.1, 0.15) is 31.1 Å². The summed E-state index contributed by atoms with van der Waals surface area (Å²) < 4.78 is 2.10. The van der Waals surface area contributed by atoms with Crippen LogP contribution < -0.4 is 10.6 Å². The van der Waals surface area contributed by atoms with Crippen molar-refractivity contribution in [2.24, 2.45) is 5.92 Å². The molecule has 140 valence electrons. The van der Waals surface area contributed by atoms with E-state index in [0.717, 1.165) is 17.4 Å².